The number of carbonyl (C=O) groups is 2. The Hall–Kier alpha value is -1.47. The first-order valence-electron chi connectivity index (χ1n) is 8.64. The number of thiazole rings is 1. The Morgan fingerprint density at radius 1 is 1.54 bits per heavy atom. The highest BCUT2D eigenvalue weighted by molar-refractivity contribution is 7.09. The molecular formula is C17H28N4O2S. The molecule has 0 bridgehead atoms. The Bertz CT molecular complexity index is 559. The molecule has 0 spiro atoms. The third-order valence-corrected chi connectivity index (χ3v) is 5.16. The summed E-state index contributed by atoms with van der Waals surface area (Å²) in [5.74, 6) is 0.397. The minimum Gasteiger partial charge on any atom is -0.356 e. The summed E-state index contributed by atoms with van der Waals surface area (Å²) in [6.07, 6.45) is 2.06. The van der Waals surface area contributed by atoms with Crippen molar-refractivity contribution in [3.8, 4) is 0 Å². The van der Waals surface area contributed by atoms with Gasteiger partial charge in [-0.1, -0.05) is 13.8 Å². The van der Waals surface area contributed by atoms with Crippen molar-refractivity contribution < 1.29 is 9.59 Å². The summed E-state index contributed by atoms with van der Waals surface area (Å²) in [6, 6.07) is -0.343. The Labute approximate surface area is 148 Å². The average molecular weight is 353 g/mol. The van der Waals surface area contributed by atoms with E-state index in [1.165, 1.54) is 4.88 Å². The quantitative estimate of drug-likeness (QED) is 0.693. The van der Waals surface area contributed by atoms with Gasteiger partial charge in [-0.05, 0) is 25.7 Å². The van der Waals surface area contributed by atoms with Crippen LogP contribution >= 0.6 is 11.3 Å². The van der Waals surface area contributed by atoms with Crippen LogP contribution in [0.15, 0.2) is 5.51 Å². The molecule has 0 aromatic carbocycles. The Morgan fingerprint density at radius 2 is 2.33 bits per heavy atom. The molecule has 1 saturated heterocycles. The van der Waals surface area contributed by atoms with Crippen molar-refractivity contribution in [1.82, 2.24) is 20.5 Å². The number of rotatable bonds is 8. The van der Waals surface area contributed by atoms with Crippen molar-refractivity contribution in [3.63, 3.8) is 0 Å². The second-order valence-electron chi connectivity index (χ2n) is 6.71. The van der Waals surface area contributed by atoms with Gasteiger partial charge in [-0.3, -0.25) is 14.5 Å². The van der Waals surface area contributed by atoms with Gasteiger partial charge in [-0.2, -0.15) is 0 Å². The Morgan fingerprint density at radius 3 is 3.00 bits per heavy atom. The van der Waals surface area contributed by atoms with E-state index in [9.17, 15) is 9.59 Å². The summed E-state index contributed by atoms with van der Waals surface area (Å²) in [6.45, 7) is 9.22. The minimum absolute atomic E-state index is 0.0302. The standard InChI is InChI=1S/C17H28N4O2S/c1-12(2)10-21-8-7-19-17(23)14(21)9-16(22)18-6-4-5-15-13(3)20-11-24-15/h11-12,14H,4-10H2,1-3H3,(H,18,22)(H,19,23). The normalized spacial score (nSPS) is 18.7. The first-order chi connectivity index (χ1) is 11.5. The topological polar surface area (TPSA) is 74.3 Å². The van der Waals surface area contributed by atoms with Crippen molar-refractivity contribution in [3.05, 3.63) is 16.1 Å². The number of amides is 2. The molecule has 1 aliphatic rings. The number of nitrogens with one attached hydrogen (secondary N) is 2. The molecular weight excluding hydrogens is 324 g/mol. The fourth-order valence-corrected chi connectivity index (χ4v) is 3.79. The van der Waals surface area contributed by atoms with Crippen molar-refractivity contribution >= 4 is 23.2 Å². The number of carbonyl (C=O) groups excluding carboxylic acids is 2. The molecule has 2 rings (SSSR count). The lowest BCUT2D eigenvalue weighted by molar-refractivity contribution is -0.134. The Balaban J connectivity index is 1.75. The molecule has 24 heavy (non-hydrogen) atoms. The number of hydrogen-bond donors (Lipinski definition) is 2. The minimum atomic E-state index is -0.343. The highest BCUT2D eigenvalue weighted by Crippen LogP contribution is 2.14. The number of aryl methyl sites for hydroxylation is 2. The second-order valence-corrected chi connectivity index (χ2v) is 7.65. The first kappa shape index (κ1) is 18.9. The zero-order chi connectivity index (χ0) is 17.5. The highest BCUT2D eigenvalue weighted by atomic mass is 32.1. The summed E-state index contributed by atoms with van der Waals surface area (Å²) in [7, 11) is 0. The van der Waals surface area contributed by atoms with E-state index in [0.29, 0.717) is 19.0 Å². The molecule has 1 aromatic rings. The van der Waals surface area contributed by atoms with Crippen molar-refractivity contribution in [1.29, 1.82) is 0 Å². The number of hydrogen-bond acceptors (Lipinski definition) is 5. The lowest BCUT2D eigenvalue weighted by Gasteiger charge is -2.35. The zero-order valence-electron chi connectivity index (χ0n) is 14.8. The summed E-state index contributed by atoms with van der Waals surface area (Å²) < 4.78 is 0. The van der Waals surface area contributed by atoms with Gasteiger partial charge in [0, 0.05) is 31.1 Å². The van der Waals surface area contributed by atoms with Gasteiger partial charge in [-0.15, -0.1) is 11.3 Å². The molecule has 134 valence electrons. The van der Waals surface area contributed by atoms with Crippen LogP contribution in [0.2, 0.25) is 0 Å². The molecule has 0 saturated carbocycles. The van der Waals surface area contributed by atoms with Crippen LogP contribution in [-0.4, -0.2) is 53.9 Å². The summed E-state index contributed by atoms with van der Waals surface area (Å²) >= 11 is 1.66. The maximum absolute atomic E-state index is 12.2. The molecule has 0 aliphatic carbocycles. The van der Waals surface area contributed by atoms with Crippen LogP contribution in [0.5, 0.6) is 0 Å². The molecule has 2 heterocycles. The molecule has 0 radical (unpaired) electrons. The van der Waals surface area contributed by atoms with Crippen LogP contribution in [0.1, 0.15) is 37.3 Å². The lowest BCUT2D eigenvalue weighted by Crippen LogP contribution is -2.57. The van der Waals surface area contributed by atoms with Gasteiger partial charge in [0.2, 0.25) is 11.8 Å². The summed E-state index contributed by atoms with van der Waals surface area (Å²) in [5.41, 5.74) is 2.93. The maximum Gasteiger partial charge on any atom is 0.237 e. The molecule has 1 atom stereocenters. The number of piperazine rings is 1. The van der Waals surface area contributed by atoms with Crippen LogP contribution in [0.25, 0.3) is 0 Å². The lowest BCUT2D eigenvalue weighted by atomic mass is 10.1. The van der Waals surface area contributed by atoms with Gasteiger partial charge in [0.25, 0.3) is 0 Å². The average Bonchev–Trinajstić information content (AvgIpc) is 2.92. The maximum atomic E-state index is 12.2. The number of aromatic nitrogens is 1. The van der Waals surface area contributed by atoms with E-state index in [0.717, 1.165) is 31.6 Å². The highest BCUT2D eigenvalue weighted by Gasteiger charge is 2.31. The Kier molecular flexibility index (Phi) is 7.17. The fourth-order valence-electron chi connectivity index (χ4n) is 2.96. The third-order valence-electron chi connectivity index (χ3n) is 4.17. The van der Waals surface area contributed by atoms with Gasteiger partial charge >= 0.3 is 0 Å². The number of nitrogens with zero attached hydrogens (tertiary/aromatic N) is 2. The zero-order valence-corrected chi connectivity index (χ0v) is 15.6. The van der Waals surface area contributed by atoms with E-state index in [1.807, 2.05) is 12.4 Å². The SMILES string of the molecule is Cc1ncsc1CCCNC(=O)CC1C(=O)NCCN1CC(C)C. The molecule has 1 aromatic heterocycles. The van der Waals surface area contributed by atoms with Gasteiger partial charge < -0.3 is 10.6 Å². The van der Waals surface area contributed by atoms with Gasteiger partial charge in [0.05, 0.1) is 23.7 Å². The summed E-state index contributed by atoms with van der Waals surface area (Å²) in [4.78, 5) is 31.9. The van der Waals surface area contributed by atoms with E-state index in [2.05, 4.69) is 34.4 Å². The van der Waals surface area contributed by atoms with E-state index < -0.39 is 0 Å². The molecule has 2 amide bonds. The van der Waals surface area contributed by atoms with Gasteiger partial charge in [0.1, 0.15) is 0 Å². The van der Waals surface area contributed by atoms with Crippen LogP contribution in [0.3, 0.4) is 0 Å². The first-order valence-corrected chi connectivity index (χ1v) is 9.52. The van der Waals surface area contributed by atoms with Crippen LogP contribution in [0.4, 0.5) is 0 Å². The molecule has 1 unspecified atom stereocenters. The summed E-state index contributed by atoms with van der Waals surface area (Å²) in [5, 5.41) is 5.81. The van der Waals surface area contributed by atoms with Crippen LogP contribution in [0, 0.1) is 12.8 Å². The van der Waals surface area contributed by atoms with Crippen molar-refractivity contribution in [2.24, 2.45) is 5.92 Å². The van der Waals surface area contributed by atoms with Crippen LogP contribution < -0.4 is 10.6 Å². The third kappa shape index (κ3) is 5.56. The largest absolute Gasteiger partial charge is 0.356 e. The van der Waals surface area contributed by atoms with Crippen molar-refractivity contribution in [2.45, 2.75) is 46.1 Å². The van der Waals surface area contributed by atoms with Crippen molar-refractivity contribution in [2.75, 3.05) is 26.2 Å². The molecule has 6 nitrogen and oxygen atoms in total. The van der Waals surface area contributed by atoms with Crippen LogP contribution in [-0.2, 0) is 16.0 Å². The van der Waals surface area contributed by atoms with Gasteiger partial charge in [-0.25, -0.2) is 4.98 Å². The molecule has 1 aliphatic heterocycles. The smallest absolute Gasteiger partial charge is 0.237 e. The van der Waals surface area contributed by atoms with E-state index >= 15 is 0 Å². The molecule has 1 fully saturated rings. The predicted molar refractivity (Wildman–Crippen MR) is 96.0 cm³/mol. The predicted octanol–water partition coefficient (Wildman–Crippen LogP) is 1.35. The van der Waals surface area contributed by atoms with E-state index in [-0.39, 0.29) is 24.3 Å². The molecule has 2 N–H and O–H groups in total. The second kappa shape index (κ2) is 9.13. The monoisotopic (exact) mass is 352 g/mol. The van der Waals surface area contributed by atoms with E-state index in [4.69, 9.17) is 0 Å². The van der Waals surface area contributed by atoms with Gasteiger partial charge in [0.15, 0.2) is 0 Å². The molecule has 7 heteroatoms. The van der Waals surface area contributed by atoms with E-state index in [1.54, 1.807) is 11.3 Å². The fraction of sp³-hybridized carbons (Fsp3) is 0.706.